The van der Waals surface area contributed by atoms with Crippen LogP contribution in [0.15, 0.2) is 6.20 Å². The Morgan fingerprint density at radius 2 is 2.22 bits per heavy atom. The molecule has 0 aliphatic heterocycles. The van der Waals surface area contributed by atoms with E-state index in [0.29, 0.717) is 4.88 Å². The highest BCUT2D eigenvalue weighted by Crippen LogP contribution is 2.18. The summed E-state index contributed by atoms with van der Waals surface area (Å²) in [6.45, 7) is 4.52. The van der Waals surface area contributed by atoms with Gasteiger partial charge in [-0.05, 0) is 12.8 Å². The Hall–Kier alpha value is -1.14. The summed E-state index contributed by atoms with van der Waals surface area (Å²) < 4.78 is 10.1. The van der Waals surface area contributed by atoms with Crippen LogP contribution in [0.5, 0.6) is 0 Å². The first kappa shape index (κ1) is 14.9. The molecule has 1 aromatic heterocycles. The maximum Gasteiger partial charge on any atom is 0.349 e. The van der Waals surface area contributed by atoms with Gasteiger partial charge in [0.25, 0.3) is 0 Å². The molecule has 102 valence electrons. The molecule has 1 heterocycles. The normalized spacial score (nSPS) is 10.3. The number of rotatable bonds is 9. The van der Waals surface area contributed by atoms with Crippen LogP contribution in [0.25, 0.3) is 0 Å². The topological polar surface area (TPSA) is 60.5 Å². The summed E-state index contributed by atoms with van der Waals surface area (Å²) in [5, 5.41) is 3.89. The number of nitrogens with zero attached hydrogens (tertiary/aromatic N) is 1. The Bertz CT molecular complexity index is 355. The number of hydrogen-bond donors (Lipinski definition) is 1. The van der Waals surface area contributed by atoms with E-state index < -0.39 is 0 Å². The summed E-state index contributed by atoms with van der Waals surface area (Å²) in [6, 6.07) is 0. The molecule has 0 saturated carbocycles. The summed E-state index contributed by atoms with van der Waals surface area (Å²) in [6.07, 6.45) is 4.73. The van der Waals surface area contributed by atoms with E-state index in [-0.39, 0.29) is 5.97 Å². The summed E-state index contributed by atoms with van der Waals surface area (Å²) in [5.74, 6) is -0.344. The molecule has 1 N–H and O–H groups in total. The maximum atomic E-state index is 11.2. The predicted molar refractivity (Wildman–Crippen MR) is 72.3 cm³/mol. The summed E-state index contributed by atoms with van der Waals surface area (Å²) >= 11 is 1.30. The lowest BCUT2D eigenvalue weighted by Crippen LogP contribution is -2.05. The third-order valence-corrected chi connectivity index (χ3v) is 3.21. The van der Waals surface area contributed by atoms with Crippen molar-refractivity contribution in [3.8, 4) is 0 Å². The van der Waals surface area contributed by atoms with Crippen molar-refractivity contribution in [2.24, 2.45) is 0 Å². The number of carbonyl (C=O) groups excluding carboxylic acids is 1. The van der Waals surface area contributed by atoms with Gasteiger partial charge in [-0.2, -0.15) is 0 Å². The molecule has 0 atom stereocenters. The molecule has 0 aromatic carbocycles. The zero-order valence-electron chi connectivity index (χ0n) is 10.9. The smallest absolute Gasteiger partial charge is 0.349 e. The number of ether oxygens (including phenoxy) is 2. The fourth-order valence-electron chi connectivity index (χ4n) is 1.27. The third kappa shape index (κ3) is 5.46. The van der Waals surface area contributed by atoms with Crippen LogP contribution in [0.1, 0.15) is 35.9 Å². The molecule has 0 spiro atoms. The van der Waals surface area contributed by atoms with Crippen molar-refractivity contribution in [3.63, 3.8) is 0 Å². The fraction of sp³-hybridized carbons (Fsp3) is 0.667. The van der Waals surface area contributed by atoms with E-state index in [9.17, 15) is 4.79 Å². The summed E-state index contributed by atoms with van der Waals surface area (Å²) in [5.41, 5.74) is 0. The number of aromatic nitrogens is 1. The average molecular weight is 272 g/mol. The molecule has 0 amide bonds. The van der Waals surface area contributed by atoms with Crippen LogP contribution in [0.2, 0.25) is 0 Å². The quantitative estimate of drug-likeness (QED) is 0.553. The number of anilines is 1. The number of nitrogens with one attached hydrogen (secondary N) is 1. The van der Waals surface area contributed by atoms with Crippen LogP contribution < -0.4 is 5.32 Å². The van der Waals surface area contributed by atoms with Gasteiger partial charge in [0.05, 0.1) is 13.3 Å². The van der Waals surface area contributed by atoms with Crippen molar-refractivity contribution in [1.82, 2.24) is 4.98 Å². The zero-order chi connectivity index (χ0) is 13.2. The van der Waals surface area contributed by atoms with Gasteiger partial charge in [-0.3, -0.25) is 0 Å². The SMILES string of the molecule is CCCCOCCCNc1ncc(C(=O)OC)s1. The summed E-state index contributed by atoms with van der Waals surface area (Å²) in [4.78, 5) is 15.8. The lowest BCUT2D eigenvalue weighted by atomic mass is 10.4. The van der Waals surface area contributed by atoms with Gasteiger partial charge >= 0.3 is 5.97 Å². The Morgan fingerprint density at radius 1 is 1.44 bits per heavy atom. The van der Waals surface area contributed by atoms with E-state index in [0.717, 1.165) is 44.2 Å². The molecular formula is C12H20N2O3S. The molecular weight excluding hydrogens is 252 g/mol. The molecule has 5 nitrogen and oxygen atoms in total. The van der Waals surface area contributed by atoms with E-state index in [1.807, 2.05) is 0 Å². The molecule has 0 radical (unpaired) electrons. The first-order valence-electron chi connectivity index (χ1n) is 6.13. The second-order valence-electron chi connectivity index (χ2n) is 3.77. The number of methoxy groups -OCH3 is 1. The zero-order valence-corrected chi connectivity index (χ0v) is 11.7. The first-order chi connectivity index (χ1) is 8.77. The van der Waals surface area contributed by atoms with Gasteiger partial charge < -0.3 is 14.8 Å². The molecule has 0 unspecified atom stereocenters. The van der Waals surface area contributed by atoms with Gasteiger partial charge in [-0.15, -0.1) is 0 Å². The third-order valence-electron chi connectivity index (χ3n) is 2.28. The van der Waals surface area contributed by atoms with Crippen molar-refractivity contribution in [1.29, 1.82) is 0 Å². The van der Waals surface area contributed by atoms with Crippen LogP contribution in [0.3, 0.4) is 0 Å². The van der Waals surface area contributed by atoms with Crippen molar-refractivity contribution in [3.05, 3.63) is 11.1 Å². The molecule has 0 fully saturated rings. The minimum absolute atomic E-state index is 0.344. The minimum Gasteiger partial charge on any atom is -0.465 e. The maximum absolute atomic E-state index is 11.2. The molecule has 18 heavy (non-hydrogen) atoms. The standard InChI is InChI=1S/C12H20N2O3S/c1-3-4-7-17-8-5-6-13-12-14-9-10(18-12)11(15)16-2/h9H,3-8H2,1-2H3,(H,13,14). The molecule has 6 heteroatoms. The largest absolute Gasteiger partial charge is 0.465 e. The van der Waals surface area contributed by atoms with Crippen molar-refractivity contribution in [2.75, 3.05) is 32.2 Å². The van der Waals surface area contributed by atoms with Crippen molar-refractivity contribution in [2.45, 2.75) is 26.2 Å². The minimum atomic E-state index is -0.344. The second-order valence-corrected chi connectivity index (χ2v) is 4.80. The van der Waals surface area contributed by atoms with Gasteiger partial charge in [-0.25, -0.2) is 9.78 Å². The Labute approximate surface area is 112 Å². The predicted octanol–water partition coefficient (Wildman–Crippen LogP) is 2.55. The number of hydrogen-bond acceptors (Lipinski definition) is 6. The number of carbonyl (C=O) groups is 1. The summed E-state index contributed by atoms with van der Waals surface area (Å²) in [7, 11) is 1.36. The number of thiazole rings is 1. The van der Waals surface area contributed by atoms with E-state index in [1.54, 1.807) is 0 Å². The van der Waals surface area contributed by atoms with Crippen LogP contribution >= 0.6 is 11.3 Å². The van der Waals surface area contributed by atoms with E-state index in [4.69, 9.17) is 4.74 Å². The van der Waals surface area contributed by atoms with Gasteiger partial charge in [0, 0.05) is 19.8 Å². The molecule has 0 bridgehead atoms. The van der Waals surface area contributed by atoms with Crippen LogP contribution in [0, 0.1) is 0 Å². The van der Waals surface area contributed by atoms with Crippen molar-refractivity contribution < 1.29 is 14.3 Å². The van der Waals surface area contributed by atoms with E-state index in [1.165, 1.54) is 24.6 Å². The monoisotopic (exact) mass is 272 g/mol. The fourth-order valence-corrected chi connectivity index (χ4v) is 2.03. The van der Waals surface area contributed by atoms with E-state index >= 15 is 0 Å². The van der Waals surface area contributed by atoms with Crippen LogP contribution in [-0.4, -0.2) is 37.8 Å². The van der Waals surface area contributed by atoms with Gasteiger partial charge in [0.15, 0.2) is 5.13 Å². The Kier molecular flexibility index (Phi) is 7.36. The highest BCUT2D eigenvalue weighted by molar-refractivity contribution is 7.17. The molecule has 1 aromatic rings. The number of esters is 1. The van der Waals surface area contributed by atoms with Crippen LogP contribution in [-0.2, 0) is 9.47 Å². The average Bonchev–Trinajstić information content (AvgIpc) is 2.85. The lowest BCUT2D eigenvalue weighted by molar-refractivity contribution is 0.0606. The highest BCUT2D eigenvalue weighted by Gasteiger charge is 2.09. The van der Waals surface area contributed by atoms with E-state index in [2.05, 4.69) is 22.0 Å². The number of unbranched alkanes of at least 4 members (excludes halogenated alkanes) is 1. The van der Waals surface area contributed by atoms with Crippen LogP contribution in [0.4, 0.5) is 5.13 Å². The molecule has 0 saturated heterocycles. The Morgan fingerprint density at radius 3 is 2.94 bits per heavy atom. The second kappa shape index (κ2) is 8.88. The molecule has 1 rings (SSSR count). The van der Waals surface area contributed by atoms with Gasteiger partial charge in [-0.1, -0.05) is 24.7 Å². The highest BCUT2D eigenvalue weighted by atomic mass is 32.1. The van der Waals surface area contributed by atoms with Crippen molar-refractivity contribution >= 4 is 22.4 Å². The first-order valence-corrected chi connectivity index (χ1v) is 6.95. The molecule has 0 aliphatic carbocycles. The van der Waals surface area contributed by atoms with Gasteiger partial charge in [0.1, 0.15) is 4.88 Å². The lowest BCUT2D eigenvalue weighted by Gasteiger charge is -2.03. The molecule has 0 aliphatic rings. The van der Waals surface area contributed by atoms with Gasteiger partial charge in [0.2, 0.25) is 0 Å². The Balaban J connectivity index is 2.12.